The smallest absolute Gasteiger partial charge is 0.500 e. The van der Waals surface area contributed by atoms with Crippen LogP contribution in [0.2, 0.25) is 0 Å². The minimum atomic E-state index is -2.29. The van der Waals surface area contributed by atoms with Crippen LogP contribution < -0.4 is 9.80 Å². The summed E-state index contributed by atoms with van der Waals surface area (Å²) in [5.74, 6) is 0.766. The fourth-order valence-electron chi connectivity index (χ4n) is 5.30. The number of aryl methyl sites for hydroxylation is 1. The van der Waals surface area contributed by atoms with Crippen LogP contribution in [0.4, 0.5) is 11.4 Å². The summed E-state index contributed by atoms with van der Waals surface area (Å²) in [6.45, 7) is 8.60. The number of benzene rings is 3. The van der Waals surface area contributed by atoms with Crippen LogP contribution in [0.3, 0.4) is 0 Å². The zero-order chi connectivity index (χ0) is 32.4. The molecule has 6 heteroatoms. The van der Waals surface area contributed by atoms with Crippen LogP contribution >= 0.6 is 0 Å². The molecule has 222 valence electrons. The molecule has 5 nitrogen and oxygen atoms in total. The number of anilines is 2. The molecule has 1 aliphatic heterocycles. The molecule has 44 heavy (non-hydrogen) atoms. The maximum Gasteiger partial charge on any atom is 3.00 e. The predicted octanol–water partition coefficient (Wildman–Crippen LogP) is 9.80. The standard InChI is InChI=1S/C27H27N3O.C11H8N.Ir/c1-17(2)20-8-6-9-21(18(3)4)25(20)30-15-14-29(16-30)24-11-7-10-22-23-13-12-19(5)28-27(23)31-26(22)24;1-2-6-10(7-3-1)11-8-4-5-9-12-11;/h6-10,12-18H,1-5H3;1-6,8-9H;/q-2;-1;+3/i5D3;;. The summed E-state index contributed by atoms with van der Waals surface area (Å²) in [6.07, 6.45) is 5.82. The Morgan fingerprint density at radius 3 is 2.25 bits per heavy atom. The van der Waals surface area contributed by atoms with Gasteiger partial charge in [-0.1, -0.05) is 69.1 Å². The Labute approximate surface area is 277 Å². The van der Waals surface area contributed by atoms with E-state index >= 15 is 0 Å². The number of hydrogen-bond donors (Lipinski definition) is 0. The van der Waals surface area contributed by atoms with E-state index in [-0.39, 0.29) is 25.8 Å². The number of pyridine rings is 2. The largest absolute Gasteiger partial charge is 3.00 e. The fraction of sp³-hybridized carbons (Fsp3) is 0.184. The molecule has 0 aliphatic carbocycles. The average Bonchev–Trinajstić information content (AvgIpc) is 3.70. The van der Waals surface area contributed by atoms with Gasteiger partial charge in [0.1, 0.15) is 0 Å². The van der Waals surface area contributed by atoms with Crippen LogP contribution in [-0.2, 0) is 20.1 Å². The van der Waals surface area contributed by atoms with Crippen molar-refractivity contribution in [2.45, 2.75) is 46.4 Å². The second-order valence-corrected chi connectivity index (χ2v) is 11.0. The number of nitrogens with zero attached hydrogens (tertiary/aromatic N) is 4. The summed E-state index contributed by atoms with van der Waals surface area (Å²) in [7, 11) is 0. The summed E-state index contributed by atoms with van der Waals surface area (Å²) in [5.41, 5.74) is 7.51. The first-order chi connectivity index (χ1) is 22.1. The van der Waals surface area contributed by atoms with Gasteiger partial charge < -0.3 is 19.2 Å². The monoisotopic (exact) mass is 759 g/mol. The third-order valence-electron chi connectivity index (χ3n) is 7.42. The van der Waals surface area contributed by atoms with Gasteiger partial charge in [-0.15, -0.1) is 42.6 Å². The average molecular weight is 759 g/mol. The molecule has 0 saturated heterocycles. The first-order valence-electron chi connectivity index (χ1n) is 16.0. The maximum atomic E-state index is 7.65. The minimum absolute atomic E-state index is 0. The van der Waals surface area contributed by atoms with Crippen molar-refractivity contribution in [3.8, 4) is 11.3 Å². The van der Waals surface area contributed by atoms with Gasteiger partial charge in [0.15, 0.2) is 0 Å². The van der Waals surface area contributed by atoms with Crippen LogP contribution in [0.5, 0.6) is 0 Å². The third-order valence-corrected chi connectivity index (χ3v) is 7.42. The van der Waals surface area contributed by atoms with E-state index in [4.69, 9.17) is 8.53 Å². The Kier molecular flexibility index (Phi) is 8.43. The van der Waals surface area contributed by atoms with Crippen molar-refractivity contribution in [2.24, 2.45) is 0 Å². The van der Waals surface area contributed by atoms with Crippen LogP contribution in [0.15, 0.2) is 108 Å². The molecule has 0 unspecified atom stereocenters. The number of para-hydroxylation sites is 1. The van der Waals surface area contributed by atoms with Crippen LogP contribution in [0, 0.1) is 25.7 Å². The number of aromatic nitrogens is 2. The molecule has 0 spiro atoms. The Morgan fingerprint density at radius 1 is 0.795 bits per heavy atom. The molecular weight excluding hydrogens is 721 g/mol. The molecule has 3 aromatic heterocycles. The van der Waals surface area contributed by atoms with E-state index in [2.05, 4.69) is 72.9 Å². The molecule has 4 heterocycles. The van der Waals surface area contributed by atoms with Crippen molar-refractivity contribution < 1.29 is 28.6 Å². The Bertz CT molecular complexity index is 1930. The van der Waals surface area contributed by atoms with Gasteiger partial charge in [0.2, 0.25) is 5.71 Å². The van der Waals surface area contributed by atoms with Gasteiger partial charge in [-0.25, -0.2) is 4.98 Å². The number of furan rings is 1. The molecule has 0 fully saturated rings. The molecule has 1 aliphatic rings. The Hall–Kier alpha value is -4.25. The molecule has 6 aromatic rings. The summed E-state index contributed by atoms with van der Waals surface area (Å²) < 4.78 is 29.1. The molecule has 0 amide bonds. The van der Waals surface area contributed by atoms with Crippen LogP contribution in [-0.4, -0.2) is 9.97 Å². The van der Waals surface area contributed by atoms with Gasteiger partial charge in [-0.3, -0.25) is 0 Å². The molecule has 0 N–H and O–H groups in total. The second kappa shape index (κ2) is 13.6. The Morgan fingerprint density at radius 2 is 1.57 bits per heavy atom. The van der Waals surface area contributed by atoms with Crippen molar-refractivity contribution in [1.29, 1.82) is 0 Å². The molecule has 0 saturated carbocycles. The minimum Gasteiger partial charge on any atom is -0.500 e. The topological polar surface area (TPSA) is 45.4 Å². The van der Waals surface area contributed by atoms with Crippen molar-refractivity contribution in [2.75, 3.05) is 9.80 Å². The number of fused-ring (bicyclic) bond motifs is 3. The van der Waals surface area contributed by atoms with E-state index in [1.165, 1.54) is 16.8 Å². The van der Waals surface area contributed by atoms with E-state index in [9.17, 15) is 0 Å². The number of rotatable bonds is 5. The van der Waals surface area contributed by atoms with Gasteiger partial charge in [0.25, 0.3) is 0 Å². The van der Waals surface area contributed by atoms with E-state index < -0.39 is 6.85 Å². The summed E-state index contributed by atoms with van der Waals surface area (Å²) >= 11 is 0. The third kappa shape index (κ3) is 6.33. The molecule has 0 radical (unpaired) electrons. The van der Waals surface area contributed by atoms with Crippen LogP contribution in [0.1, 0.15) is 60.5 Å². The van der Waals surface area contributed by atoms with Crippen LogP contribution in [0.25, 0.3) is 33.3 Å². The zero-order valence-electron chi connectivity index (χ0n) is 28.1. The predicted molar refractivity (Wildman–Crippen MR) is 177 cm³/mol. The van der Waals surface area contributed by atoms with Gasteiger partial charge in [-0.05, 0) is 66.1 Å². The quantitative estimate of drug-likeness (QED) is 0.164. The van der Waals surface area contributed by atoms with Crippen molar-refractivity contribution in [1.82, 2.24) is 9.97 Å². The van der Waals surface area contributed by atoms with Gasteiger partial charge in [0.05, 0.1) is 0 Å². The van der Waals surface area contributed by atoms with Gasteiger partial charge >= 0.3 is 20.1 Å². The van der Waals surface area contributed by atoms with Gasteiger partial charge in [-0.2, -0.15) is 18.2 Å². The van der Waals surface area contributed by atoms with Crippen molar-refractivity contribution in [3.05, 3.63) is 139 Å². The number of hydrogen-bond acceptors (Lipinski definition) is 5. The summed E-state index contributed by atoms with van der Waals surface area (Å²) in [5, 5.41) is 1.66. The molecule has 3 aromatic carbocycles. The fourth-order valence-corrected chi connectivity index (χ4v) is 5.30. The zero-order valence-corrected chi connectivity index (χ0v) is 27.5. The first kappa shape index (κ1) is 27.3. The first-order valence-corrected chi connectivity index (χ1v) is 14.5. The Balaban J connectivity index is 0.000000280. The van der Waals surface area contributed by atoms with E-state index in [1.54, 1.807) is 18.3 Å². The maximum absolute atomic E-state index is 7.65. The normalized spacial score (nSPS) is 13.9. The van der Waals surface area contributed by atoms with E-state index in [0.717, 1.165) is 27.7 Å². The molecule has 7 rings (SSSR count). The van der Waals surface area contributed by atoms with Gasteiger partial charge in [0, 0.05) is 32.7 Å². The summed E-state index contributed by atoms with van der Waals surface area (Å²) in [4.78, 5) is 12.6. The SMILES string of the molecule is [2H]C([2H])([2H])c1ccc2c(n1)oc1c(N3C=CN(c4c(C(C)C)cccc4C(C)C)[CH-]3)[c-]ccc12.[Ir+3].[c-]1ccccc1-c1ccccn1. The second-order valence-electron chi connectivity index (χ2n) is 11.0. The molecular formula is C38H35IrN4O. The van der Waals surface area contributed by atoms with Crippen molar-refractivity contribution in [3.63, 3.8) is 0 Å². The van der Waals surface area contributed by atoms with E-state index in [1.807, 2.05) is 78.6 Å². The molecule has 0 atom stereocenters. The summed E-state index contributed by atoms with van der Waals surface area (Å²) in [6, 6.07) is 33.7. The van der Waals surface area contributed by atoms with E-state index in [0.29, 0.717) is 23.1 Å². The van der Waals surface area contributed by atoms with Crippen molar-refractivity contribution >= 4 is 33.4 Å². The molecule has 0 bridgehead atoms.